The van der Waals surface area contributed by atoms with Gasteiger partial charge in [0.25, 0.3) is 5.69 Å². The van der Waals surface area contributed by atoms with E-state index >= 15 is 0 Å². The van der Waals surface area contributed by atoms with Crippen molar-refractivity contribution in [3.63, 3.8) is 0 Å². The van der Waals surface area contributed by atoms with E-state index in [9.17, 15) is 18.9 Å². The Labute approximate surface area is 138 Å². The zero-order chi connectivity index (χ0) is 17.7. The summed E-state index contributed by atoms with van der Waals surface area (Å²) in [5, 5.41) is 14.3. The van der Waals surface area contributed by atoms with Crippen LogP contribution in [0, 0.1) is 17.0 Å². The highest BCUT2D eigenvalue weighted by Gasteiger charge is 2.14. The van der Waals surface area contributed by atoms with Gasteiger partial charge in [0.2, 0.25) is 0 Å². The molecule has 0 spiro atoms. The van der Waals surface area contributed by atoms with Crippen LogP contribution in [0.4, 0.5) is 14.5 Å². The highest BCUT2D eigenvalue weighted by atomic mass is 19.3. The minimum atomic E-state index is -2.84. The van der Waals surface area contributed by atoms with Gasteiger partial charge in [-0.3, -0.25) is 10.1 Å². The Hall–Kier alpha value is -2.54. The van der Waals surface area contributed by atoms with Gasteiger partial charge in [-0.05, 0) is 37.1 Å². The zero-order valence-corrected chi connectivity index (χ0v) is 13.3. The van der Waals surface area contributed by atoms with Crippen LogP contribution in [0.15, 0.2) is 42.5 Å². The molecule has 1 atom stereocenters. The van der Waals surface area contributed by atoms with Crippen molar-refractivity contribution in [2.24, 2.45) is 0 Å². The van der Waals surface area contributed by atoms with Gasteiger partial charge in [-0.2, -0.15) is 8.78 Å². The van der Waals surface area contributed by atoms with Crippen LogP contribution in [-0.4, -0.2) is 11.5 Å². The largest absolute Gasteiger partial charge is 0.435 e. The summed E-state index contributed by atoms with van der Waals surface area (Å²) in [7, 11) is 0. The number of rotatable bonds is 7. The zero-order valence-electron chi connectivity index (χ0n) is 13.3. The Bertz CT molecular complexity index is 705. The van der Waals surface area contributed by atoms with Crippen LogP contribution in [0.25, 0.3) is 0 Å². The highest BCUT2D eigenvalue weighted by Crippen LogP contribution is 2.23. The minimum Gasteiger partial charge on any atom is -0.435 e. The Balaban J connectivity index is 1.99. The van der Waals surface area contributed by atoms with Gasteiger partial charge >= 0.3 is 6.61 Å². The summed E-state index contributed by atoms with van der Waals surface area (Å²) >= 11 is 0. The number of alkyl halides is 2. The van der Waals surface area contributed by atoms with Crippen molar-refractivity contribution in [2.75, 3.05) is 0 Å². The first kappa shape index (κ1) is 17.8. The molecule has 0 aliphatic heterocycles. The Morgan fingerprint density at radius 1 is 1.21 bits per heavy atom. The van der Waals surface area contributed by atoms with Crippen LogP contribution < -0.4 is 10.1 Å². The molecule has 5 nitrogen and oxygen atoms in total. The van der Waals surface area contributed by atoms with E-state index in [1.165, 1.54) is 12.1 Å². The van der Waals surface area contributed by atoms with Gasteiger partial charge in [-0.25, -0.2) is 0 Å². The molecule has 7 heteroatoms. The number of halogens is 2. The molecule has 2 aromatic carbocycles. The first-order valence-electron chi connectivity index (χ1n) is 7.39. The number of ether oxygens (including phenoxy) is 1. The molecule has 0 amide bonds. The van der Waals surface area contributed by atoms with E-state index in [1.54, 1.807) is 31.2 Å². The van der Waals surface area contributed by atoms with Crippen molar-refractivity contribution in [1.82, 2.24) is 5.32 Å². The third-order valence-corrected chi connectivity index (χ3v) is 3.69. The molecule has 0 aromatic heterocycles. The van der Waals surface area contributed by atoms with E-state index in [1.807, 2.05) is 13.0 Å². The molecule has 0 radical (unpaired) electrons. The minimum absolute atomic E-state index is 0.0923. The highest BCUT2D eigenvalue weighted by molar-refractivity contribution is 5.43. The van der Waals surface area contributed by atoms with Crippen LogP contribution in [0.5, 0.6) is 5.75 Å². The second-order valence-electron chi connectivity index (χ2n) is 5.43. The summed E-state index contributed by atoms with van der Waals surface area (Å²) < 4.78 is 28.5. The first-order valence-corrected chi connectivity index (χ1v) is 7.39. The summed E-state index contributed by atoms with van der Waals surface area (Å²) in [5.74, 6) is 0.107. The maximum absolute atomic E-state index is 12.1. The number of nitrogens with zero attached hydrogens (tertiary/aromatic N) is 1. The lowest BCUT2D eigenvalue weighted by Gasteiger charge is -2.15. The predicted molar refractivity (Wildman–Crippen MR) is 86.2 cm³/mol. The van der Waals surface area contributed by atoms with E-state index in [0.717, 1.165) is 11.1 Å². The molecule has 2 aromatic rings. The average Bonchev–Trinajstić information content (AvgIpc) is 2.53. The third-order valence-electron chi connectivity index (χ3n) is 3.69. The predicted octanol–water partition coefficient (Wildman–Crippen LogP) is 4.36. The maximum atomic E-state index is 12.1. The number of aryl methyl sites for hydroxylation is 1. The summed E-state index contributed by atoms with van der Waals surface area (Å²) in [4.78, 5) is 10.6. The Morgan fingerprint density at radius 2 is 1.88 bits per heavy atom. The van der Waals surface area contributed by atoms with Crippen molar-refractivity contribution in [3.05, 3.63) is 69.3 Å². The summed E-state index contributed by atoms with van der Waals surface area (Å²) in [6.45, 7) is 1.26. The van der Waals surface area contributed by atoms with Crippen LogP contribution >= 0.6 is 0 Å². The second-order valence-corrected chi connectivity index (χ2v) is 5.43. The SMILES string of the molecule is Cc1ccc(C(C)NCc2ccc(OC(F)F)cc2)cc1[N+](=O)[O-]. The molecule has 128 valence electrons. The average molecular weight is 336 g/mol. The molecular formula is C17H18F2N2O3. The summed E-state index contributed by atoms with van der Waals surface area (Å²) in [6, 6.07) is 11.4. The second kappa shape index (κ2) is 7.83. The topological polar surface area (TPSA) is 64.4 Å². The number of nitro groups is 1. The standard InChI is InChI=1S/C17H18F2N2O3/c1-11-3-6-14(9-16(11)21(22)23)12(2)20-10-13-4-7-15(8-5-13)24-17(18)19/h3-9,12,17,20H,10H2,1-2H3. The number of benzene rings is 2. The molecule has 0 aliphatic rings. The van der Waals surface area contributed by atoms with Gasteiger partial charge in [0.05, 0.1) is 4.92 Å². The fourth-order valence-electron chi connectivity index (χ4n) is 2.27. The molecule has 0 bridgehead atoms. The van der Waals surface area contributed by atoms with Gasteiger partial charge in [-0.15, -0.1) is 0 Å². The quantitative estimate of drug-likeness (QED) is 0.603. The van der Waals surface area contributed by atoms with Crippen molar-refractivity contribution in [2.45, 2.75) is 33.0 Å². The normalized spacial score (nSPS) is 12.2. The van der Waals surface area contributed by atoms with Gasteiger partial charge in [0, 0.05) is 24.2 Å². The van der Waals surface area contributed by atoms with E-state index in [2.05, 4.69) is 10.1 Å². The van der Waals surface area contributed by atoms with Gasteiger partial charge in [0.1, 0.15) is 5.75 Å². The fraction of sp³-hybridized carbons (Fsp3) is 0.294. The number of hydrogen-bond acceptors (Lipinski definition) is 4. The number of hydrogen-bond donors (Lipinski definition) is 1. The van der Waals surface area contributed by atoms with E-state index in [-0.39, 0.29) is 17.5 Å². The van der Waals surface area contributed by atoms with Crippen LogP contribution in [0.1, 0.15) is 29.7 Å². The molecule has 0 saturated heterocycles. The number of nitro benzene ring substituents is 1. The third kappa shape index (κ3) is 4.73. The van der Waals surface area contributed by atoms with Crippen molar-refractivity contribution < 1.29 is 18.4 Å². The fourth-order valence-corrected chi connectivity index (χ4v) is 2.27. The molecule has 0 heterocycles. The molecule has 0 fully saturated rings. The number of nitrogens with one attached hydrogen (secondary N) is 1. The van der Waals surface area contributed by atoms with Gasteiger partial charge < -0.3 is 10.1 Å². The van der Waals surface area contributed by atoms with Gasteiger partial charge in [0.15, 0.2) is 0 Å². The molecule has 0 aliphatic carbocycles. The molecule has 1 N–H and O–H groups in total. The van der Waals surface area contributed by atoms with Crippen LogP contribution in [0.3, 0.4) is 0 Å². The van der Waals surface area contributed by atoms with Crippen LogP contribution in [-0.2, 0) is 6.54 Å². The maximum Gasteiger partial charge on any atom is 0.387 e. The monoisotopic (exact) mass is 336 g/mol. The summed E-state index contributed by atoms with van der Waals surface area (Å²) in [5.41, 5.74) is 2.41. The van der Waals surface area contributed by atoms with E-state index in [4.69, 9.17) is 0 Å². The van der Waals surface area contributed by atoms with E-state index in [0.29, 0.717) is 12.1 Å². The molecular weight excluding hydrogens is 318 g/mol. The smallest absolute Gasteiger partial charge is 0.387 e. The molecule has 24 heavy (non-hydrogen) atoms. The van der Waals surface area contributed by atoms with E-state index < -0.39 is 11.5 Å². The summed E-state index contributed by atoms with van der Waals surface area (Å²) in [6.07, 6.45) is 0. The lowest BCUT2D eigenvalue weighted by Crippen LogP contribution is -2.18. The van der Waals surface area contributed by atoms with Crippen molar-refractivity contribution >= 4 is 5.69 Å². The lowest BCUT2D eigenvalue weighted by atomic mass is 10.0. The molecule has 2 rings (SSSR count). The molecule has 0 saturated carbocycles. The van der Waals surface area contributed by atoms with Crippen LogP contribution in [0.2, 0.25) is 0 Å². The van der Waals surface area contributed by atoms with Crippen molar-refractivity contribution in [3.8, 4) is 5.75 Å². The van der Waals surface area contributed by atoms with Crippen molar-refractivity contribution in [1.29, 1.82) is 0 Å². The molecule has 1 unspecified atom stereocenters. The lowest BCUT2D eigenvalue weighted by molar-refractivity contribution is -0.385. The van der Waals surface area contributed by atoms with Gasteiger partial charge in [-0.1, -0.05) is 24.3 Å². The first-order chi connectivity index (χ1) is 11.4. The Kier molecular flexibility index (Phi) is 5.81. The Morgan fingerprint density at radius 3 is 2.46 bits per heavy atom.